The third kappa shape index (κ3) is 5.60. The molecule has 41 heavy (non-hydrogen) atoms. The van der Waals surface area contributed by atoms with E-state index in [1.165, 1.54) is 11.3 Å². The summed E-state index contributed by atoms with van der Waals surface area (Å²) in [6, 6.07) is 2.63. The normalized spacial score (nSPS) is 27.6. The minimum absolute atomic E-state index is 0. The lowest BCUT2D eigenvalue weighted by Crippen LogP contribution is -2.62. The van der Waals surface area contributed by atoms with E-state index in [9.17, 15) is 4.79 Å². The van der Waals surface area contributed by atoms with Gasteiger partial charge in [0, 0.05) is 62.7 Å². The van der Waals surface area contributed by atoms with Crippen LogP contribution in [-0.2, 0) is 9.47 Å². The number of piperidine rings is 1. The van der Waals surface area contributed by atoms with E-state index in [4.69, 9.17) is 19.2 Å². The number of ether oxygens (including phenoxy) is 3. The number of dihydropyridines is 1. The van der Waals surface area contributed by atoms with E-state index in [0.29, 0.717) is 12.0 Å². The minimum atomic E-state index is -0.480. The molecule has 0 aliphatic carbocycles. The van der Waals surface area contributed by atoms with Crippen molar-refractivity contribution in [2.24, 2.45) is 0 Å². The second-order valence-corrected chi connectivity index (χ2v) is 13.2. The van der Waals surface area contributed by atoms with Crippen LogP contribution in [0.3, 0.4) is 0 Å². The van der Waals surface area contributed by atoms with Crippen LogP contribution < -0.4 is 15.4 Å². The highest BCUT2D eigenvalue weighted by atomic mass is 16.6. The Hall–Kier alpha value is -2.98. The van der Waals surface area contributed by atoms with Crippen molar-refractivity contribution in [1.82, 2.24) is 25.0 Å². The highest BCUT2D eigenvalue weighted by Crippen LogP contribution is 2.43. The molecule has 226 valence electrons. The number of allylic oxidation sites excluding steroid dienone is 1. The molecule has 2 atom stereocenters. The molecular formula is C31H48N6O4. The summed E-state index contributed by atoms with van der Waals surface area (Å²) in [6.07, 6.45) is 5.99. The van der Waals surface area contributed by atoms with Crippen LogP contribution in [-0.4, -0.2) is 102 Å². The van der Waals surface area contributed by atoms with Gasteiger partial charge in [-0.25, -0.2) is 4.79 Å². The van der Waals surface area contributed by atoms with Crippen molar-refractivity contribution in [3.63, 3.8) is 0 Å². The highest BCUT2D eigenvalue weighted by molar-refractivity contribution is 5.69. The number of carbonyl (C=O) groups is 1. The highest BCUT2D eigenvalue weighted by Gasteiger charge is 2.42. The molecule has 6 rings (SSSR count). The van der Waals surface area contributed by atoms with Gasteiger partial charge < -0.3 is 34.6 Å². The third-order valence-electron chi connectivity index (χ3n) is 9.01. The van der Waals surface area contributed by atoms with Gasteiger partial charge in [0.25, 0.3) is 0 Å². The van der Waals surface area contributed by atoms with Crippen molar-refractivity contribution in [3.8, 4) is 5.75 Å². The average Bonchev–Trinajstić information content (AvgIpc) is 3.00. The number of rotatable bonds is 3. The standard InChI is InChI=1S/C31H46N6O4.H2/c1-20-28-25(34-31(6)27(21(2)40-28)26(7-10-32-31)36-13-15-39-16-14-36)17-24(33-20)22-8-11-35(12-9-22)23-18-37(19-23)29(38)41-30(3,4)5;/h7,10,17,21-23,32,34H,8-9,11-16,18-19H2,1-6H3;1H. The van der Waals surface area contributed by atoms with Gasteiger partial charge in [0.05, 0.1) is 24.6 Å². The number of fused-ring (bicyclic) bond motifs is 2. The molecule has 1 amide bonds. The van der Waals surface area contributed by atoms with Crippen LogP contribution in [0.5, 0.6) is 5.75 Å². The van der Waals surface area contributed by atoms with Crippen LogP contribution in [0, 0.1) is 6.92 Å². The lowest BCUT2D eigenvalue weighted by atomic mass is 9.90. The summed E-state index contributed by atoms with van der Waals surface area (Å²) >= 11 is 0. The van der Waals surface area contributed by atoms with Crippen molar-refractivity contribution < 1.29 is 20.4 Å². The molecular weight excluding hydrogens is 520 g/mol. The maximum absolute atomic E-state index is 12.4. The van der Waals surface area contributed by atoms with E-state index >= 15 is 0 Å². The van der Waals surface area contributed by atoms with Crippen LogP contribution >= 0.6 is 0 Å². The number of aromatic nitrogens is 1. The molecule has 6 heterocycles. The maximum atomic E-state index is 12.4. The molecule has 10 nitrogen and oxygen atoms in total. The number of hydrogen-bond acceptors (Lipinski definition) is 9. The molecule has 2 unspecified atom stereocenters. The van der Waals surface area contributed by atoms with Crippen molar-refractivity contribution in [3.05, 3.63) is 41.0 Å². The summed E-state index contributed by atoms with van der Waals surface area (Å²) in [5, 5.41) is 7.43. The molecule has 10 heteroatoms. The number of amides is 1. The smallest absolute Gasteiger partial charge is 0.410 e. The second kappa shape index (κ2) is 10.7. The topological polar surface area (TPSA) is 91.4 Å². The summed E-state index contributed by atoms with van der Waals surface area (Å²) in [5.41, 5.74) is 4.53. The van der Waals surface area contributed by atoms with E-state index < -0.39 is 11.3 Å². The molecule has 0 bridgehead atoms. The zero-order valence-corrected chi connectivity index (χ0v) is 25.5. The number of hydrogen-bond donors (Lipinski definition) is 2. The molecule has 1 aromatic rings. The number of anilines is 1. The first-order valence-electron chi connectivity index (χ1n) is 15.2. The van der Waals surface area contributed by atoms with Crippen LogP contribution in [0.15, 0.2) is 29.6 Å². The number of nitrogens with zero attached hydrogens (tertiary/aromatic N) is 4. The molecule has 5 aliphatic rings. The zero-order valence-electron chi connectivity index (χ0n) is 25.5. The first-order chi connectivity index (χ1) is 19.5. The first kappa shape index (κ1) is 28.2. The number of aryl methyl sites for hydroxylation is 1. The van der Waals surface area contributed by atoms with Gasteiger partial charge in [-0.3, -0.25) is 9.88 Å². The van der Waals surface area contributed by atoms with E-state index in [1.54, 1.807) is 0 Å². The van der Waals surface area contributed by atoms with Crippen molar-refractivity contribution >= 4 is 11.8 Å². The zero-order chi connectivity index (χ0) is 28.9. The van der Waals surface area contributed by atoms with Crippen LogP contribution in [0.25, 0.3) is 0 Å². The number of pyridine rings is 1. The molecule has 0 saturated carbocycles. The second-order valence-electron chi connectivity index (χ2n) is 13.2. The summed E-state index contributed by atoms with van der Waals surface area (Å²) < 4.78 is 17.8. The van der Waals surface area contributed by atoms with Crippen molar-refractivity contribution in [1.29, 1.82) is 0 Å². The Morgan fingerprint density at radius 1 is 1.17 bits per heavy atom. The summed E-state index contributed by atoms with van der Waals surface area (Å²) in [4.78, 5) is 24.2. The van der Waals surface area contributed by atoms with Gasteiger partial charge >= 0.3 is 6.09 Å². The molecule has 0 radical (unpaired) electrons. The van der Waals surface area contributed by atoms with Gasteiger partial charge in [0.1, 0.15) is 17.4 Å². The Bertz CT molecular complexity index is 1230. The van der Waals surface area contributed by atoms with Gasteiger partial charge in [-0.2, -0.15) is 0 Å². The molecule has 0 spiro atoms. The number of morpholine rings is 1. The number of nitrogens with one attached hydrogen (secondary N) is 2. The Morgan fingerprint density at radius 3 is 2.56 bits per heavy atom. The summed E-state index contributed by atoms with van der Waals surface area (Å²) in [5.74, 6) is 1.23. The Kier molecular flexibility index (Phi) is 7.34. The summed E-state index contributed by atoms with van der Waals surface area (Å²) in [7, 11) is 0. The number of likely N-dealkylation sites (tertiary alicyclic amines) is 2. The molecule has 1 aromatic heterocycles. The largest absolute Gasteiger partial charge is 0.482 e. The van der Waals surface area contributed by atoms with E-state index in [0.717, 1.165) is 88.1 Å². The van der Waals surface area contributed by atoms with Gasteiger partial charge in [0.2, 0.25) is 0 Å². The Morgan fingerprint density at radius 2 is 1.88 bits per heavy atom. The van der Waals surface area contributed by atoms with Gasteiger partial charge in [0.15, 0.2) is 5.75 Å². The minimum Gasteiger partial charge on any atom is -0.482 e. The molecule has 5 aliphatic heterocycles. The predicted octanol–water partition coefficient (Wildman–Crippen LogP) is 4.05. The number of carbonyl (C=O) groups excluding carboxylic acids is 1. The average molecular weight is 569 g/mol. The molecule has 0 aromatic carbocycles. The van der Waals surface area contributed by atoms with Crippen molar-refractivity contribution in [2.75, 3.05) is 57.8 Å². The molecule has 2 N–H and O–H groups in total. The fraction of sp³-hybridized carbons (Fsp3) is 0.677. The Labute approximate surface area is 245 Å². The van der Waals surface area contributed by atoms with Crippen LogP contribution in [0.2, 0.25) is 0 Å². The lowest BCUT2D eigenvalue weighted by molar-refractivity contribution is -0.0197. The fourth-order valence-electron chi connectivity index (χ4n) is 6.87. The SMILES string of the molecule is Cc1nc(C2CCN(C3CN(C(=O)OC(C)(C)C)C3)CC2)cc2c1OC(C)C1=C(N3CCOCC3)C=CNC1(C)N2.[HH]. The monoisotopic (exact) mass is 568 g/mol. The van der Waals surface area contributed by atoms with E-state index in [2.05, 4.69) is 53.3 Å². The summed E-state index contributed by atoms with van der Waals surface area (Å²) in [6.45, 7) is 18.9. The van der Waals surface area contributed by atoms with Gasteiger partial charge in [-0.1, -0.05) is 0 Å². The van der Waals surface area contributed by atoms with Crippen LogP contribution in [0.1, 0.15) is 66.2 Å². The molecule has 3 fully saturated rings. The van der Waals surface area contributed by atoms with Crippen LogP contribution in [0.4, 0.5) is 10.5 Å². The van der Waals surface area contributed by atoms with Gasteiger partial charge in [-0.15, -0.1) is 0 Å². The lowest BCUT2D eigenvalue weighted by Gasteiger charge is -2.47. The maximum Gasteiger partial charge on any atom is 0.410 e. The first-order valence-corrected chi connectivity index (χ1v) is 15.2. The van der Waals surface area contributed by atoms with E-state index in [1.807, 2.05) is 31.9 Å². The fourth-order valence-corrected chi connectivity index (χ4v) is 6.87. The molecule has 3 saturated heterocycles. The third-order valence-corrected chi connectivity index (χ3v) is 9.01. The van der Waals surface area contributed by atoms with E-state index in [-0.39, 0.29) is 13.6 Å². The Balaban J connectivity index is 0.00000353. The quantitative estimate of drug-likeness (QED) is 0.561. The predicted molar refractivity (Wildman–Crippen MR) is 160 cm³/mol. The van der Waals surface area contributed by atoms with Crippen molar-refractivity contribution in [2.45, 2.75) is 83.7 Å². The van der Waals surface area contributed by atoms with Gasteiger partial charge in [-0.05, 0) is 79.6 Å².